The highest BCUT2D eigenvalue weighted by Gasteiger charge is 2.19. The van der Waals surface area contributed by atoms with Gasteiger partial charge in [-0.05, 0) is 41.6 Å². The molecule has 20 heavy (non-hydrogen) atoms. The van der Waals surface area contributed by atoms with Gasteiger partial charge >= 0.3 is 5.97 Å². The lowest BCUT2D eigenvalue weighted by molar-refractivity contribution is 0.0518. The Balaban J connectivity index is 2.46. The first-order valence-electron chi connectivity index (χ1n) is 5.82. The highest BCUT2D eigenvalue weighted by atomic mass is 127. The average Bonchev–Trinajstić information content (AvgIpc) is 2.81. The van der Waals surface area contributed by atoms with E-state index in [9.17, 15) is 9.18 Å². The molecule has 0 aliphatic rings. The van der Waals surface area contributed by atoms with Gasteiger partial charge in [0.05, 0.1) is 19.4 Å². The van der Waals surface area contributed by atoms with E-state index >= 15 is 0 Å². The van der Waals surface area contributed by atoms with Crippen molar-refractivity contribution in [2.24, 2.45) is 0 Å². The second-order valence-corrected chi connectivity index (χ2v) is 4.81. The third-order valence-electron chi connectivity index (χ3n) is 2.59. The van der Waals surface area contributed by atoms with Crippen molar-refractivity contribution in [3.05, 3.63) is 39.7 Å². The number of carbonyl (C=O) groups is 1. The molecule has 0 bridgehead atoms. The second kappa shape index (κ2) is 6.21. The van der Waals surface area contributed by atoms with Crippen LogP contribution in [-0.2, 0) is 4.74 Å². The highest BCUT2D eigenvalue weighted by Crippen LogP contribution is 2.24. The third-order valence-corrected chi connectivity index (χ3v) is 3.62. The Morgan fingerprint density at radius 3 is 2.90 bits per heavy atom. The zero-order valence-corrected chi connectivity index (χ0v) is 13.0. The van der Waals surface area contributed by atoms with Crippen LogP contribution in [-0.4, -0.2) is 29.2 Å². The normalized spacial score (nSPS) is 10.4. The first kappa shape index (κ1) is 14.8. The minimum atomic E-state index is -0.529. The maximum atomic E-state index is 13.9. The maximum absolute atomic E-state index is 13.9. The number of esters is 1. The highest BCUT2D eigenvalue weighted by molar-refractivity contribution is 14.1. The van der Waals surface area contributed by atoms with E-state index < -0.39 is 11.8 Å². The summed E-state index contributed by atoms with van der Waals surface area (Å²) in [6.07, 6.45) is 1.38. The van der Waals surface area contributed by atoms with Gasteiger partial charge in [-0.25, -0.2) is 14.2 Å². The quantitative estimate of drug-likeness (QED) is 0.595. The summed E-state index contributed by atoms with van der Waals surface area (Å²) in [7, 11) is 1.50. The van der Waals surface area contributed by atoms with Crippen molar-refractivity contribution in [2.75, 3.05) is 13.7 Å². The van der Waals surface area contributed by atoms with E-state index in [1.165, 1.54) is 36.2 Å². The van der Waals surface area contributed by atoms with E-state index in [0.29, 0.717) is 9.45 Å². The molecular formula is C13H12FIN2O3. The molecule has 1 heterocycles. The molecular weight excluding hydrogens is 378 g/mol. The molecule has 0 spiro atoms. The van der Waals surface area contributed by atoms with Crippen molar-refractivity contribution in [3.8, 4) is 11.4 Å². The molecule has 1 aromatic carbocycles. The lowest BCUT2D eigenvalue weighted by Crippen LogP contribution is -2.08. The van der Waals surface area contributed by atoms with E-state index in [4.69, 9.17) is 9.47 Å². The van der Waals surface area contributed by atoms with Crippen molar-refractivity contribution >= 4 is 28.6 Å². The largest absolute Gasteiger partial charge is 0.497 e. The fraction of sp³-hybridized carbons (Fsp3) is 0.231. The van der Waals surface area contributed by atoms with Gasteiger partial charge in [-0.3, -0.25) is 4.57 Å². The maximum Gasteiger partial charge on any atom is 0.359 e. The molecule has 0 unspecified atom stereocenters. The van der Waals surface area contributed by atoms with Gasteiger partial charge in [0.25, 0.3) is 0 Å². The minimum absolute atomic E-state index is 0.162. The Bertz CT molecular complexity index is 643. The fourth-order valence-electron chi connectivity index (χ4n) is 1.64. The van der Waals surface area contributed by atoms with Gasteiger partial charge < -0.3 is 9.47 Å². The number of nitrogens with zero attached hydrogens (tertiary/aromatic N) is 2. The van der Waals surface area contributed by atoms with E-state index in [1.807, 2.05) is 22.6 Å². The van der Waals surface area contributed by atoms with Crippen molar-refractivity contribution in [3.63, 3.8) is 0 Å². The molecule has 2 aromatic rings. The van der Waals surface area contributed by atoms with Crippen LogP contribution < -0.4 is 4.74 Å². The molecule has 0 radical (unpaired) electrons. The van der Waals surface area contributed by atoms with Crippen LogP contribution in [0.5, 0.6) is 5.75 Å². The second-order valence-electron chi connectivity index (χ2n) is 3.79. The summed E-state index contributed by atoms with van der Waals surface area (Å²) in [5.41, 5.74) is 0.423. The molecule has 5 nitrogen and oxygen atoms in total. The molecule has 0 atom stereocenters. The predicted octanol–water partition coefficient (Wildman–Crippen LogP) is 2.80. The Kier molecular flexibility index (Phi) is 4.58. The van der Waals surface area contributed by atoms with Crippen LogP contribution in [0.25, 0.3) is 5.69 Å². The van der Waals surface area contributed by atoms with Gasteiger partial charge in [0, 0.05) is 6.07 Å². The first-order valence-corrected chi connectivity index (χ1v) is 6.90. The van der Waals surface area contributed by atoms with E-state index in [-0.39, 0.29) is 18.0 Å². The molecule has 0 amide bonds. The van der Waals surface area contributed by atoms with Gasteiger partial charge in [-0.1, -0.05) is 0 Å². The molecule has 106 valence electrons. The Morgan fingerprint density at radius 1 is 1.50 bits per heavy atom. The SMILES string of the molecule is CCOC(=O)c1ncn(-c2cc(OC)ccc2F)c1I. The van der Waals surface area contributed by atoms with Crippen molar-refractivity contribution in [1.29, 1.82) is 0 Å². The average molecular weight is 390 g/mol. The Hall–Kier alpha value is -1.64. The topological polar surface area (TPSA) is 53.3 Å². The summed E-state index contributed by atoms with van der Waals surface area (Å²) >= 11 is 1.93. The molecule has 0 aliphatic heterocycles. The van der Waals surface area contributed by atoms with Gasteiger partial charge in [-0.15, -0.1) is 0 Å². The van der Waals surface area contributed by atoms with Crippen LogP contribution in [0.15, 0.2) is 24.5 Å². The molecule has 7 heteroatoms. The van der Waals surface area contributed by atoms with E-state index in [0.717, 1.165) is 0 Å². The van der Waals surface area contributed by atoms with Crippen LogP contribution in [0.3, 0.4) is 0 Å². The number of carbonyl (C=O) groups excluding carboxylic acids is 1. The number of ether oxygens (including phenoxy) is 2. The van der Waals surface area contributed by atoms with Crippen molar-refractivity contribution in [2.45, 2.75) is 6.92 Å². The number of imidazole rings is 1. The number of rotatable bonds is 4. The summed E-state index contributed by atoms with van der Waals surface area (Å²) in [6, 6.07) is 4.36. The standard InChI is InChI=1S/C13H12FIN2O3/c1-3-20-13(18)11-12(15)17(7-16-11)10-6-8(19-2)4-5-9(10)14/h4-7H,3H2,1-2H3. The minimum Gasteiger partial charge on any atom is -0.497 e. The lowest BCUT2D eigenvalue weighted by atomic mass is 10.3. The molecule has 1 aromatic heterocycles. The van der Waals surface area contributed by atoms with Crippen molar-refractivity contribution in [1.82, 2.24) is 9.55 Å². The predicted molar refractivity (Wildman–Crippen MR) is 78.7 cm³/mol. The van der Waals surface area contributed by atoms with Crippen LogP contribution >= 0.6 is 22.6 Å². The number of benzene rings is 1. The number of methoxy groups -OCH3 is 1. The number of hydrogen-bond donors (Lipinski definition) is 0. The molecule has 0 saturated heterocycles. The van der Waals surface area contributed by atoms with Gasteiger partial charge in [0.1, 0.15) is 21.6 Å². The van der Waals surface area contributed by atoms with Crippen LogP contribution in [0, 0.1) is 9.52 Å². The monoisotopic (exact) mass is 390 g/mol. The smallest absolute Gasteiger partial charge is 0.359 e. The summed E-state index contributed by atoms with van der Waals surface area (Å²) in [4.78, 5) is 15.7. The summed E-state index contributed by atoms with van der Waals surface area (Å²) < 4.78 is 25.8. The van der Waals surface area contributed by atoms with E-state index in [2.05, 4.69) is 4.98 Å². The summed E-state index contributed by atoms with van der Waals surface area (Å²) in [5.74, 6) is -0.445. The Morgan fingerprint density at radius 2 is 2.25 bits per heavy atom. The van der Waals surface area contributed by atoms with E-state index in [1.54, 1.807) is 6.92 Å². The summed E-state index contributed by atoms with van der Waals surface area (Å²) in [5, 5.41) is 0. The summed E-state index contributed by atoms with van der Waals surface area (Å²) in [6.45, 7) is 1.97. The van der Waals surface area contributed by atoms with Crippen LogP contribution in [0.1, 0.15) is 17.4 Å². The molecule has 0 N–H and O–H groups in total. The Labute approximate surface area is 128 Å². The molecule has 0 fully saturated rings. The van der Waals surface area contributed by atoms with Gasteiger partial charge in [0.15, 0.2) is 5.69 Å². The molecule has 0 saturated carbocycles. The molecule has 0 aliphatic carbocycles. The van der Waals surface area contributed by atoms with Crippen LogP contribution in [0.2, 0.25) is 0 Å². The zero-order chi connectivity index (χ0) is 14.7. The first-order chi connectivity index (χ1) is 9.58. The zero-order valence-electron chi connectivity index (χ0n) is 10.9. The van der Waals surface area contributed by atoms with Gasteiger partial charge in [0.2, 0.25) is 0 Å². The third kappa shape index (κ3) is 2.77. The van der Waals surface area contributed by atoms with Crippen LogP contribution in [0.4, 0.5) is 4.39 Å². The fourth-order valence-corrected chi connectivity index (χ4v) is 2.39. The number of aromatic nitrogens is 2. The number of halogens is 2. The molecule has 2 rings (SSSR count). The van der Waals surface area contributed by atoms with Gasteiger partial charge in [-0.2, -0.15) is 0 Å². The lowest BCUT2D eigenvalue weighted by Gasteiger charge is -2.08. The van der Waals surface area contributed by atoms with Crippen molar-refractivity contribution < 1.29 is 18.7 Å². The number of hydrogen-bond acceptors (Lipinski definition) is 4.